The minimum atomic E-state index is -0.394. The Kier molecular flexibility index (Phi) is 4.10. The highest BCUT2D eigenvalue weighted by atomic mass is 16.5. The van der Waals surface area contributed by atoms with Crippen LogP contribution < -0.4 is 11.1 Å². The number of rotatable bonds is 4. The smallest absolute Gasteiger partial charge is 0.248 e. The predicted molar refractivity (Wildman–Crippen MR) is 76.3 cm³/mol. The van der Waals surface area contributed by atoms with Crippen molar-refractivity contribution in [2.75, 3.05) is 11.9 Å². The van der Waals surface area contributed by atoms with Gasteiger partial charge in [0.15, 0.2) is 0 Å². The zero-order chi connectivity index (χ0) is 13.9. The van der Waals surface area contributed by atoms with Crippen molar-refractivity contribution in [1.29, 1.82) is 0 Å². The van der Waals surface area contributed by atoms with Crippen LogP contribution >= 0.6 is 0 Å². The quantitative estimate of drug-likeness (QED) is 0.876. The number of nitrogens with two attached hydrogens (primary N) is 1. The first-order valence-corrected chi connectivity index (χ1v) is 6.83. The van der Waals surface area contributed by atoms with Crippen LogP contribution in [0.5, 0.6) is 0 Å². The van der Waals surface area contributed by atoms with Crippen molar-refractivity contribution in [2.45, 2.75) is 44.8 Å². The maximum atomic E-state index is 11.2. The third kappa shape index (κ3) is 3.47. The fourth-order valence-electron chi connectivity index (χ4n) is 2.50. The van der Waals surface area contributed by atoms with Crippen LogP contribution in [0.3, 0.4) is 0 Å². The summed E-state index contributed by atoms with van der Waals surface area (Å²) >= 11 is 0. The topological polar surface area (TPSA) is 64.3 Å². The second kappa shape index (κ2) is 5.61. The highest BCUT2D eigenvalue weighted by Crippen LogP contribution is 2.29. The summed E-state index contributed by atoms with van der Waals surface area (Å²) in [5.41, 5.74) is 6.73. The van der Waals surface area contributed by atoms with Crippen LogP contribution in [-0.2, 0) is 4.74 Å². The van der Waals surface area contributed by atoms with Crippen LogP contribution in [0.1, 0.15) is 43.5 Å². The molecule has 1 aliphatic rings. The molecule has 1 aromatic carbocycles. The van der Waals surface area contributed by atoms with E-state index in [1.807, 2.05) is 12.1 Å². The van der Waals surface area contributed by atoms with E-state index in [2.05, 4.69) is 19.2 Å². The molecule has 2 unspecified atom stereocenters. The molecule has 0 aromatic heterocycles. The Labute approximate surface area is 114 Å². The summed E-state index contributed by atoms with van der Waals surface area (Å²) in [7, 11) is 0. The molecule has 0 spiro atoms. The third-order valence-corrected chi connectivity index (χ3v) is 3.86. The Bertz CT molecular complexity index is 461. The Balaban J connectivity index is 2.04. The summed E-state index contributed by atoms with van der Waals surface area (Å²) in [6, 6.07) is 7.72. The number of benzene rings is 1. The van der Waals surface area contributed by atoms with Gasteiger partial charge in [0.25, 0.3) is 0 Å². The lowest BCUT2D eigenvalue weighted by Crippen LogP contribution is -2.41. The van der Waals surface area contributed by atoms with E-state index in [0.29, 0.717) is 11.6 Å². The second-order valence-corrected chi connectivity index (χ2v) is 5.43. The van der Waals surface area contributed by atoms with Gasteiger partial charge in [0.2, 0.25) is 5.91 Å². The van der Waals surface area contributed by atoms with E-state index >= 15 is 0 Å². The molecule has 1 saturated heterocycles. The van der Waals surface area contributed by atoms with E-state index in [9.17, 15) is 4.79 Å². The van der Waals surface area contributed by atoms with Gasteiger partial charge in [0.05, 0.1) is 5.60 Å². The lowest BCUT2D eigenvalue weighted by atomic mass is 9.90. The van der Waals surface area contributed by atoms with Gasteiger partial charge in [-0.1, -0.05) is 13.0 Å². The van der Waals surface area contributed by atoms with Gasteiger partial charge in [0.1, 0.15) is 0 Å². The molecule has 4 nitrogen and oxygen atoms in total. The van der Waals surface area contributed by atoms with Gasteiger partial charge in [-0.15, -0.1) is 0 Å². The summed E-state index contributed by atoms with van der Waals surface area (Å²) in [4.78, 5) is 11.2. The zero-order valence-corrected chi connectivity index (χ0v) is 11.6. The molecule has 1 aliphatic heterocycles. The number of hydrogen-bond acceptors (Lipinski definition) is 3. The molecule has 19 heavy (non-hydrogen) atoms. The summed E-state index contributed by atoms with van der Waals surface area (Å²) < 4.78 is 5.83. The Hall–Kier alpha value is -1.55. The van der Waals surface area contributed by atoms with E-state index in [4.69, 9.17) is 10.5 Å². The molecule has 104 valence electrons. The fourth-order valence-corrected chi connectivity index (χ4v) is 2.50. The van der Waals surface area contributed by atoms with Crippen molar-refractivity contribution in [3.63, 3.8) is 0 Å². The molecule has 1 amide bonds. The van der Waals surface area contributed by atoms with E-state index in [1.54, 1.807) is 12.1 Å². The third-order valence-electron chi connectivity index (χ3n) is 3.86. The fraction of sp³-hybridized carbons (Fsp3) is 0.533. The van der Waals surface area contributed by atoms with E-state index in [0.717, 1.165) is 31.6 Å². The number of anilines is 1. The first-order valence-electron chi connectivity index (χ1n) is 6.83. The van der Waals surface area contributed by atoms with Gasteiger partial charge < -0.3 is 15.8 Å². The van der Waals surface area contributed by atoms with Crippen LogP contribution in [0.2, 0.25) is 0 Å². The van der Waals surface area contributed by atoms with Crippen LogP contribution in [0.25, 0.3) is 0 Å². The zero-order valence-electron chi connectivity index (χ0n) is 11.6. The van der Waals surface area contributed by atoms with E-state index in [-0.39, 0.29) is 5.60 Å². The monoisotopic (exact) mass is 262 g/mol. The molecule has 3 N–H and O–H groups in total. The number of ether oxygens (including phenoxy) is 1. The maximum Gasteiger partial charge on any atom is 0.248 e. The molecule has 0 radical (unpaired) electrons. The number of carbonyl (C=O) groups is 1. The summed E-state index contributed by atoms with van der Waals surface area (Å²) in [5.74, 6) is -0.394. The van der Waals surface area contributed by atoms with E-state index < -0.39 is 5.91 Å². The largest absolute Gasteiger partial charge is 0.382 e. The van der Waals surface area contributed by atoms with Gasteiger partial charge in [-0.25, -0.2) is 0 Å². The van der Waals surface area contributed by atoms with Crippen molar-refractivity contribution in [3.05, 3.63) is 29.8 Å². The van der Waals surface area contributed by atoms with Crippen LogP contribution in [-0.4, -0.2) is 24.2 Å². The van der Waals surface area contributed by atoms with Crippen molar-refractivity contribution >= 4 is 11.6 Å². The predicted octanol–water partition coefficient (Wildman–Crippen LogP) is 2.55. The van der Waals surface area contributed by atoms with Gasteiger partial charge in [-0.05, 0) is 44.4 Å². The van der Waals surface area contributed by atoms with Crippen molar-refractivity contribution in [3.8, 4) is 0 Å². The normalized spacial score (nSPS) is 26.9. The summed E-state index contributed by atoms with van der Waals surface area (Å²) in [6.07, 6.45) is 2.97. The number of primary amides is 1. The molecular weight excluding hydrogens is 240 g/mol. The van der Waals surface area contributed by atoms with Gasteiger partial charge in [0, 0.05) is 23.9 Å². The highest BCUT2D eigenvalue weighted by Gasteiger charge is 2.31. The highest BCUT2D eigenvalue weighted by molar-refractivity contribution is 5.93. The van der Waals surface area contributed by atoms with E-state index in [1.165, 1.54) is 0 Å². The standard InChI is InChI=1S/C15H22N2O2/c1-3-15(2)10-13(7-8-19-15)17-12-6-4-5-11(9-12)14(16)18/h4-6,9,13,17H,3,7-8,10H2,1-2H3,(H2,16,18). The first kappa shape index (κ1) is 13.9. The molecule has 1 heterocycles. The average Bonchev–Trinajstić information content (AvgIpc) is 2.39. The second-order valence-electron chi connectivity index (χ2n) is 5.43. The number of carbonyl (C=O) groups excluding carboxylic acids is 1. The lowest BCUT2D eigenvalue weighted by Gasteiger charge is -2.38. The number of hydrogen-bond donors (Lipinski definition) is 2. The van der Waals surface area contributed by atoms with Crippen molar-refractivity contribution in [1.82, 2.24) is 0 Å². The molecule has 0 saturated carbocycles. The van der Waals surface area contributed by atoms with Crippen LogP contribution in [0.4, 0.5) is 5.69 Å². The molecule has 2 atom stereocenters. The molecule has 1 aromatic rings. The molecule has 2 rings (SSSR count). The van der Waals surface area contributed by atoms with Crippen LogP contribution in [0, 0.1) is 0 Å². The molecule has 4 heteroatoms. The van der Waals surface area contributed by atoms with Crippen LogP contribution in [0.15, 0.2) is 24.3 Å². The maximum absolute atomic E-state index is 11.2. The van der Waals surface area contributed by atoms with Crippen molar-refractivity contribution < 1.29 is 9.53 Å². The number of nitrogens with one attached hydrogen (secondary N) is 1. The van der Waals surface area contributed by atoms with Crippen molar-refractivity contribution in [2.24, 2.45) is 5.73 Å². The summed E-state index contributed by atoms with van der Waals surface area (Å²) in [6.45, 7) is 5.08. The molecule has 0 bridgehead atoms. The minimum absolute atomic E-state index is 0.0444. The molecule has 1 fully saturated rings. The first-order chi connectivity index (χ1) is 9.02. The Morgan fingerprint density at radius 2 is 2.37 bits per heavy atom. The lowest BCUT2D eigenvalue weighted by molar-refractivity contribution is -0.0708. The average molecular weight is 262 g/mol. The SMILES string of the molecule is CCC1(C)CC(Nc2cccc(C(N)=O)c2)CCO1. The Morgan fingerprint density at radius 3 is 3.05 bits per heavy atom. The minimum Gasteiger partial charge on any atom is -0.382 e. The van der Waals surface area contributed by atoms with Gasteiger partial charge in [-0.3, -0.25) is 4.79 Å². The van der Waals surface area contributed by atoms with Gasteiger partial charge in [-0.2, -0.15) is 0 Å². The summed E-state index contributed by atoms with van der Waals surface area (Å²) in [5, 5.41) is 3.48. The molecular formula is C15H22N2O2. The molecule has 0 aliphatic carbocycles. The van der Waals surface area contributed by atoms with Gasteiger partial charge >= 0.3 is 0 Å². The Morgan fingerprint density at radius 1 is 1.58 bits per heavy atom. The number of amides is 1.